The molecule has 0 saturated carbocycles. The molecular weight excluding hydrogens is 517 g/mol. The first-order chi connectivity index (χ1) is 18.7. The number of hydrogen-bond donors (Lipinski definition) is 1. The highest BCUT2D eigenvalue weighted by Crippen LogP contribution is 2.25. The Kier molecular flexibility index (Phi) is 10.6. The summed E-state index contributed by atoms with van der Waals surface area (Å²) in [5.41, 5.74) is 2.21. The minimum absolute atomic E-state index is 0.138. The van der Waals surface area contributed by atoms with Crippen molar-refractivity contribution in [1.82, 2.24) is 10.2 Å². The minimum Gasteiger partial charge on any atom is -0.354 e. The Hall–Kier alpha value is -3.72. The van der Waals surface area contributed by atoms with Crippen molar-refractivity contribution in [2.75, 3.05) is 23.9 Å². The Bertz CT molecular complexity index is 1330. The summed E-state index contributed by atoms with van der Waals surface area (Å²) >= 11 is 0. The Morgan fingerprint density at radius 1 is 0.923 bits per heavy atom. The molecule has 0 bridgehead atoms. The molecule has 1 atom stereocenters. The largest absolute Gasteiger partial charge is 0.354 e. The van der Waals surface area contributed by atoms with Crippen LogP contribution in [0.25, 0.3) is 0 Å². The molecule has 3 rings (SSSR count). The van der Waals surface area contributed by atoms with Gasteiger partial charge in [0.2, 0.25) is 11.8 Å². The van der Waals surface area contributed by atoms with E-state index in [9.17, 15) is 22.4 Å². The summed E-state index contributed by atoms with van der Waals surface area (Å²) in [5.74, 6) is -1.34. The summed E-state index contributed by atoms with van der Waals surface area (Å²) in [6.07, 6.45) is 1.61. The maximum atomic E-state index is 13.9. The normalized spacial score (nSPS) is 12.0. The molecule has 0 fully saturated rings. The van der Waals surface area contributed by atoms with Crippen molar-refractivity contribution in [3.63, 3.8) is 0 Å². The number of carbonyl (C=O) groups is 2. The van der Waals surface area contributed by atoms with E-state index in [4.69, 9.17) is 0 Å². The number of halogens is 1. The smallest absolute Gasteiger partial charge is 0.264 e. The van der Waals surface area contributed by atoms with Crippen LogP contribution in [0, 0.1) is 12.7 Å². The number of nitrogens with one attached hydrogen (secondary N) is 1. The van der Waals surface area contributed by atoms with Crippen LogP contribution >= 0.6 is 0 Å². The number of sulfonamides is 1. The molecule has 0 saturated heterocycles. The van der Waals surface area contributed by atoms with Crippen LogP contribution in [-0.4, -0.2) is 50.8 Å². The standard InChI is InChI=1S/C30H36FN3O4S/c1-4-20-32-30(36)28(5-2)33(21-19-24-9-7-6-8-10-24)29(35)22-34(26-15-11-23(3)12-16-26)39(37,38)27-17-13-25(31)14-18-27/h6-18,28H,4-5,19-22H2,1-3H3,(H,32,36). The van der Waals surface area contributed by atoms with Crippen molar-refractivity contribution in [3.05, 3.63) is 95.8 Å². The quantitative estimate of drug-likeness (QED) is 0.332. The van der Waals surface area contributed by atoms with Crippen LogP contribution in [0.1, 0.15) is 37.8 Å². The van der Waals surface area contributed by atoms with E-state index >= 15 is 0 Å². The number of nitrogens with zero attached hydrogens (tertiary/aromatic N) is 2. The molecule has 0 spiro atoms. The highest BCUT2D eigenvalue weighted by atomic mass is 32.2. The van der Waals surface area contributed by atoms with E-state index in [-0.39, 0.29) is 17.3 Å². The van der Waals surface area contributed by atoms with Crippen LogP contribution in [0.5, 0.6) is 0 Å². The zero-order chi connectivity index (χ0) is 28.4. The van der Waals surface area contributed by atoms with Gasteiger partial charge in [-0.3, -0.25) is 13.9 Å². The fourth-order valence-corrected chi connectivity index (χ4v) is 5.65. The molecule has 208 valence electrons. The van der Waals surface area contributed by atoms with Gasteiger partial charge in [0.05, 0.1) is 10.6 Å². The molecule has 0 aliphatic rings. The van der Waals surface area contributed by atoms with Gasteiger partial charge in [0, 0.05) is 13.1 Å². The van der Waals surface area contributed by atoms with E-state index in [0.717, 1.165) is 34.0 Å². The van der Waals surface area contributed by atoms with Gasteiger partial charge < -0.3 is 10.2 Å². The number of carbonyl (C=O) groups excluding carboxylic acids is 2. The van der Waals surface area contributed by atoms with Gasteiger partial charge in [-0.05, 0) is 68.1 Å². The molecule has 9 heteroatoms. The van der Waals surface area contributed by atoms with Crippen LogP contribution in [-0.2, 0) is 26.0 Å². The van der Waals surface area contributed by atoms with Crippen molar-refractivity contribution < 1.29 is 22.4 Å². The first kappa shape index (κ1) is 29.8. The van der Waals surface area contributed by atoms with E-state index < -0.39 is 34.3 Å². The van der Waals surface area contributed by atoms with Gasteiger partial charge in [-0.1, -0.05) is 61.9 Å². The fraction of sp³-hybridized carbons (Fsp3) is 0.333. The number of benzene rings is 3. The third-order valence-electron chi connectivity index (χ3n) is 6.42. The second kappa shape index (κ2) is 13.9. The van der Waals surface area contributed by atoms with Crippen molar-refractivity contribution in [2.24, 2.45) is 0 Å². The van der Waals surface area contributed by atoms with Crippen molar-refractivity contribution in [1.29, 1.82) is 0 Å². The number of anilines is 1. The number of rotatable bonds is 13. The zero-order valence-corrected chi connectivity index (χ0v) is 23.5. The zero-order valence-electron chi connectivity index (χ0n) is 22.6. The second-order valence-electron chi connectivity index (χ2n) is 9.34. The predicted molar refractivity (Wildman–Crippen MR) is 151 cm³/mol. The van der Waals surface area contributed by atoms with Crippen molar-refractivity contribution in [2.45, 2.75) is 51.0 Å². The molecule has 39 heavy (non-hydrogen) atoms. The van der Waals surface area contributed by atoms with Crippen LogP contribution < -0.4 is 9.62 Å². The lowest BCUT2D eigenvalue weighted by Crippen LogP contribution is -2.53. The number of hydrogen-bond acceptors (Lipinski definition) is 4. The van der Waals surface area contributed by atoms with Crippen LogP contribution in [0.3, 0.4) is 0 Å². The van der Waals surface area contributed by atoms with E-state index in [1.807, 2.05) is 51.1 Å². The second-order valence-corrected chi connectivity index (χ2v) is 11.2. The summed E-state index contributed by atoms with van der Waals surface area (Å²) < 4.78 is 42.1. The number of amides is 2. The third kappa shape index (κ3) is 7.89. The lowest BCUT2D eigenvalue weighted by molar-refractivity contribution is -0.139. The maximum Gasteiger partial charge on any atom is 0.264 e. The molecule has 1 N–H and O–H groups in total. The van der Waals surface area contributed by atoms with Gasteiger partial charge in [-0.2, -0.15) is 0 Å². The Morgan fingerprint density at radius 3 is 2.15 bits per heavy atom. The Labute approximate surface area is 230 Å². The van der Waals surface area contributed by atoms with Crippen LogP contribution in [0.15, 0.2) is 83.8 Å². The predicted octanol–water partition coefficient (Wildman–Crippen LogP) is 4.71. The lowest BCUT2D eigenvalue weighted by Gasteiger charge is -2.33. The fourth-order valence-electron chi connectivity index (χ4n) is 4.24. The maximum absolute atomic E-state index is 13.9. The van der Waals surface area contributed by atoms with Crippen LogP contribution in [0.4, 0.5) is 10.1 Å². The van der Waals surface area contributed by atoms with Crippen molar-refractivity contribution in [3.8, 4) is 0 Å². The first-order valence-electron chi connectivity index (χ1n) is 13.1. The van der Waals surface area contributed by atoms with E-state index in [0.29, 0.717) is 25.1 Å². The molecule has 1 unspecified atom stereocenters. The van der Waals surface area contributed by atoms with E-state index in [1.54, 1.807) is 24.3 Å². The van der Waals surface area contributed by atoms with Gasteiger partial charge in [-0.15, -0.1) is 0 Å². The molecule has 0 aromatic heterocycles. The van der Waals surface area contributed by atoms with E-state index in [2.05, 4.69) is 5.32 Å². The topological polar surface area (TPSA) is 86.8 Å². The summed E-state index contributed by atoms with van der Waals surface area (Å²) in [4.78, 5) is 28.3. The molecular formula is C30H36FN3O4S. The van der Waals surface area contributed by atoms with Gasteiger partial charge in [0.15, 0.2) is 0 Å². The monoisotopic (exact) mass is 553 g/mol. The molecule has 0 radical (unpaired) electrons. The molecule has 2 amide bonds. The number of aryl methyl sites for hydroxylation is 1. The summed E-state index contributed by atoms with van der Waals surface area (Å²) in [6, 6.07) is 20.1. The Balaban J connectivity index is 1.99. The van der Waals surface area contributed by atoms with Crippen molar-refractivity contribution >= 4 is 27.5 Å². The summed E-state index contributed by atoms with van der Waals surface area (Å²) in [7, 11) is -4.23. The van der Waals surface area contributed by atoms with Gasteiger partial charge in [0.25, 0.3) is 10.0 Å². The Morgan fingerprint density at radius 2 is 1.56 bits per heavy atom. The van der Waals surface area contributed by atoms with Gasteiger partial charge in [-0.25, -0.2) is 12.8 Å². The van der Waals surface area contributed by atoms with E-state index in [1.165, 1.54) is 17.0 Å². The lowest BCUT2D eigenvalue weighted by atomic mass is 10.1. The third-order valence-corrected chi connectivity index (χ3v) is 8.21. The molecule has 3 aromatic carbocycles. The minimum atomic E-state index is -4.23. The molecule has 0 heterocycles. The average molecular weight is 554 g/mol. The molecule has 3 aromatic rings. The van der Waals surface area contributed by atoms with Gasteiger partial charge in [0.1, 0.15) is 18.4 Å². The van der Waals surface area contributed by atoms with Gasteiger partial charge >= 0.3 is 0 Å². The summed E-state index contributed by atoms with van der Waals surface area (Å²) in [6.45, 7) is 5.84. The molecule has 0 aliphatic carbocycles. The SMILES string of the molecule is CCCNC(=O)C(CC)N(CCc1ccccc1)C(=O)CN(c1ccc(C)cc1)S(=O)(=O)c1ccc(F)cc1. The average Bonchev–Trinajstić information content (AvgIpc) is 2.93. The molecule has 7 nitrogen and oxygen atoms in total. The van der Waals surface area contributed by atoms with Crippen LogP contribution in [0.2, 0.25) is 0 Å². The molecule has 0 aliphatic heterocycles. The highest BCUT2D eigenvalue weighted by molar-refractivity contribution is 7.92. The highest BCUT2D eigenvalue weighted by Gasteiger charge is 2.33. The first-order valence-corrected chi connectivity index (χ1v) is 14.6. The summed E-state index contributed by atoms with van der Waals surface area (Å²) in [5, 5.41) is 2.87.